The van der Waals surface area contributed by atoms with Gasteiger partial charge in [-0.25, -0.2) is 4.79 Å². The molecule has 12 heavy (non-hydrogen) atoms. The summed E-state index contributed by atoms with van der Waals surface area (Å²) in [5.74, 6) is -1.26. The van der Waals surface area contributed by atoms with E-state index < -0.39 is 5.97 Å². The van der Waals surface area contributed by atoms with Gasteiger partial charge in [-0.05, 0) is 24.6 Å². The first-order valence-electron chi connectivity index (χ1n) is 3.34. The van der Waals surface area contributed by atoms with Gasteiger partial charge in [0.05, 0.1) is 11.3 Å². The number of aryl methyl sites for hydroxylation is 1. The second-order valence-electron chi connectivity index (χ2n) is 2.53. The predicted octanol–water partition coefficient (Wildman–Crippen LogP) is 0.981. The number of nitrogens with two attached hydrogens (primary N) is 1. The molecule has 0 atom stereocenters. The number of rotatable bonds is 1. The van der Waals surface area contributed by atoms with Crippen LogP contribution in [0, 0.1) is 6.92 Å². The van der Waals surface area contributed by atoms with Gasteiger partial charge in [0.25, 0.3) is 0 Å². The van der Waals surface area contributed by atoms with E-state index in [-0.39, 0.29) is 17.0 Å². The molecule has 4 nitrogen and oxygen atoms in total. The van der Waals surface area contributed by atoms with Crippen molar-refractivity contribution in [1.82, 2.24) is 0 Å². The lowest BCUT2D eigenvalue weighted by Gasteiger charge is -2.03. The van der Waals surface area contributed by atoms with Crippen molar-refractivity contribution in [1.29, 1.82) is 0 Å². The second-order valence-corrected chi connectivity index (χ2v) is 2.53. The molecule has 0 fully saturated rings. The molecule has 1 aromatic rings. The standard InChI is InChI=1S/C8H9NO3/c1-4-2-5(8(11)12)3-6(10)7(4)9/h2-3,10H,9H2,1H3,(H,11,12). The van der Waals surface area contributed by atoms with Crippen molar-refractivity contribution >= 4 is 11.7 Å². The van der Waals surface area contributed by atoms with Crippen molar-refractivity contribution in [2.75, 3.05) is 5.73 Å². The molecule has 1 rings (SSSR count). The Morgan fingerprint density at radius 1 is 1.50 bits per heavy atom. The molecule has 0 aromatic heterocycles. The van der Waals surface area contributed by atoms with Crippen LogP contribution in [0.4, 0.5) is 5.69 Å². The molecule has 0 aliphatic carbocycles. The highest BCUT2D eigenvalue weighted by Gasteiger charge is 2.08. The molecule has 0 radical (unpaired) electrons. The van der Waals surface area contributed by atoms with Gasteiger partial charge in [-0.2, -0.15) is 0 Å². The summed E-state index contributed by atoms with van der Waals surface area (Å²) in [5, 5.41) is 17.7. The van der Waals surface area contributed by atoms with E-state index in [9.17, 15) is 4.79 Å². The lowest BCUT2D eigenvalue weighted by Crippen LogP contribution is -1.99. The Kier molecular flexibility index (Phi) is 1.91. The molecule has 0 saturated heterocycles. The zero-order valence-electron chi connectivity index (χ0n) is 6.53. The average molecular weight is 167 g/mol. The Morgan fingerprint density at radius 3 is 2.50 bits per heavy atom. The van der Waals surface area contributed by atoms with E-state index in [1.54, 1.807) is 6.92 Å². The highest BCUT2D eigenvalue weighted by molar-refractivity contribution is 5.89. The van der Waals surface area contributed by atoms with Crippen LogP contribution in [-0.2, 0) is 0 Å². The normalized spacial score (nSPS) is 9.75. The summed E-state index contributed by atoms with van der Waals surface area (Å²) in [6.45, 7) is 1.64. The molecule has 1 aromatic carbocycles. The van der Waals surface area contributed by atoms with Crippen molar-refractivity contribution in [3.8, 4) is 5.75 Å². The van der Waals surface area contributed by atoms with E-state index in [4.69, 9.17) is 15.9 Å². The number of carboxylic acids is 1. The van der Waals surface area contributed by atoms with Gasteiger partial charge in [0.1, 0.15) is 5.75 Å². The topological polar surface area (TPSA) is 83.5 Å². The lowest BCUT2D eigenvalue weighted by atomic mass is 10.1. The molecule has 0 amide bonds. The third-order valence-electron chi connectivity index (χ3n) is 1.61. The summed E-state index contributed by atoms with van der Waals surface area (Å²) in [6.07, 6.45) is 0. The molecule has 0 aliphatic heterocycles. The van der Waals surface area contributed by atoms with E-state index in [0.717, 1.165) is 6.07 Å². The van der Waals surface area contributed by atoms with Gasteiger partial charge in [0.2, 0.25) is 0 Å². The van der Waals surface area contributed by atoms with Crippen molar-refractivity contribution < 1.29 is 15.0 Å². The number of phenols is 1. The molecule has 4 N–H and O–H groups in total. The highest BCUT2D eigenvalue weighted by atomic mass is 16.4. The molecule has 0 saturated carbocycles. The maximum absolute atomic E-state index is 10.5. The molecule has 0 spiro atoms. The van der Waals surface area contributed by atoms with Crippen LogP contribution in [0.15, 0.2) is 12.1 Å². The van der Waals surface area contributed by atoms with Crippen LogP contribution in [0.25, 0.3) is 0 Å². The molecule has 4 heteroatoms. The third kappa shape index (κ3) is 1.32. The van der Waals surface area contributed by atoms with Gasteiger partial charge in [-0.15, -0.1) is 0 Å². The summed E-state index contributed by atoms with van der Waals surface area (Å²) in [6, 6.07) is 2.54. The maximum atomic E-state index is 10.5. The van der Waals surface area contributed by atoms with Crippen LogP contribution < -0.4 is 5.73 Å². The fourth-order valence-corrected chi connectivity index (χ4v) is 0.903. The zero-order chi connectivity index (χ0) is 9.30. The van der Waals surface area contributed by atoms with Gasteiger partial charge in [0.15, 0.2) is 0 Å². The van der Waals surface area contributed by atoms with Crippen molar-refractivity contribution in [2.24, 2.45) is 0 Å². The number of nitrogen functional groups attached to an aromatic ring is 1. The number of aromatic carboxylic acids is 1. The largest absolute Gasteiger partial charge is 0.506 e. The maximum Gasteiger partial charge on any atom is 0.335 e. The van der Waals surface area contributed by atoms with E-state index in [0.29, 0.717) is 5.56 Å². The first-order valence-corrected chi connectivity index (χ1v) is 3.34. The monoisotopic (exact) mass is 167 g/mol. The van der Waals surface area contributed by atoms with Gasteiger partial charge in [0, 0.05) is 0 Å². The minimum atomic E-state index is -1.08. The van der Waals surface area contributed by atoms with Gasteiger partial charge in [-0.3, -0.25) is 0 Å². The minimum absolute atomic E-state index is 0.0409. The zero-order valence-corrected chi connectivity index (χ0v) is 6.53. The third-order valence-corrected chi connectivity index (χ3v) is 1.61. The summed E-state index contributed by atoms with van der Waals surface area (Å²) in [5.41, 5.74) is 6.23. The number of hydrogen-bond donors (Lipinski definition) is 3. The van der Waals surface area contributed by atoms with Crippen LogP contribution in [0.1, 0.15) is 15.9 Å². The molecule has 0 heterocycles. The van der Waals surface area contributed by atoms with Crippen LogP contribution in [-0.4, -0.2) is 16.2 Å². The predicted molar refractivity (Wildman–Crippen MR) is 44.2 cm³/mol. The first kappa shape index (κ1) is 8.39. The van der Waals surface area contributed by atoms with E-state index in [2.05, 4.69) is 0 Å². The molecule has 0 unspecified atom stereocenters. The molecular formula is C8H9NO3. The number of carboxylic acid groups (broad SMARTS) is 1. The molecular weight excluding hydrogens is 158 g/mol. The van der Waals surface area contributed by atoms with E-state index in [1.807, 2.05) is 0 Å². The Morgan fingerprint density at radius 2 is 2.08 bits per heavy atom. The fraction of sp³-hybridized carbons (Fsp3) is 0.125. The van der Waals surface area contributed by atoms with Crippen molar-refractivity contribution in [2.45, 2.75) is 6.92 Å². The summed E-state index contributed by atoms with van der Waals surface area (Å²) in [4.78, 5) is 10.5. The molecule has 0 aliphatic rings. The summed E-state index contributed by atoms with van der Waals surface area (Å²) >= 11 is 0. The van der Waals surface area contributed by atoms with Gasteiger partial charge < -0.3 is 15.9 Å². The highest BCUT2D eigenvalue weighted by Crippen LogP contribution is 2.25. The smallest absolute Gasteiger partial charge is 0.335 e. The fourth-order valence-electron chi connectivity index (χ4n) is 0.903. The Hall–Kier alpha value is -1.71. The number of carbonyl (C=O) groups is 1. The number of anilines is 1. The second kappa shape index (κ2) is 2.73. The van der Waals surface area contributed by atoms with Crippen LogP contribution in [0.3, 0.4) is 0 Å². The number of benzene rings is 1. The average Bonchev–Trinajstić information content (AvgIpc) is 1.99. The van der Waals surface area contributed by atoms with Crippen LogP contribution >= 0.6 is 0 Å². The van der Waals surface area contributed by atoms with Crippen molar-refractivity contribution in [3.05, 3.63) is 23.3 Å². The first-order chi connectivity index (χ1) is 5.52. The molecule has 64 valence electrons. The van der Waals surface area contributed by atoms with Crippen molar-refractivity contribution in [3.63, 3.8) is 0 Å². The summed E-state index contributed by atoms with van der Waals surface area (Å²) < 4.78 is 0. The van der Waals surface area contributed by atoms with Crippen LogP contribution in [0.2, 0.25) is 0 Å². The molecule has 0 bridgehead atoms. The number of hydrogen-bond acceptors (Lipinski definition) is 3. The van der Waals surface area contributed by atoms with E-state index in [1.165, 1.54) is 6.07 Å². The van der Waals surface area contributed by atoms with E-state index >= 15 is 0 Å². The minimum Gasteiger partial charge on any atom is -0.506 e. The lowest BCUT2D eigenvalue weighted by molar-refractivity contribution is 0.0696. The quantitative estimate of drug-likeness (QED) is 0.430. The van der Waals surface area contributed by atoms with Gasteiger partial charge >= 0.3 is 5.97 Å². The Labute approximate surface area is 69.3 Å². The number of phenolic OH excluding ortho intramolecular Hbond substituents is 1. The van der Waals surface area contributed by atoms with Gasteiger partial charge in [-0.1, -0.05) is 0 Å². The van der Waals surface area contributed by atoms with Crippen LogP contribution in [0.5, 0.6) is 5.75 Å². The Bertz CT molecular complexity index is 310. The number of aromatic hydroxyl groups is 1. The summed E-state index contributed by atoms with van der Waals surface area (Å²) in [7, 11) is 0. The SMILES string of the molecule is Cc1cc(C(=O)O)cc(O)c1N. The Balaban J connectivity index is 3.31.